The topological polar surface area (TPSA) is 9.23 Å². The zero-order valence-electron chi connectivity index (χ0n) is 10.8. The van der Waals surface area contributed by atoms with Gasteiger partial charge in [0, 0.05) is 20.4 Å². The highest BCUT2D eigenvalue weighted by molar-refractivity contribution is 6.79. The second kappa shape index (κ2) is 6.87. The van der Waals surface area contributed by atoms with Gasteiger partial charge < -0.3 is 4.74 Å². The predicted molar refractivity (Wildman–Crippen MR) is 74.3 cm³/mol. The summed E-state index contributed by atoms with van der Waals surface area (Å²) in [6, 6.07) is 6.08. The molecule has 0 aromatic heterocycles. The molecule has 15 heavy (non-hydrogen) atoms. The van der Waals surface area contributed by atoms with Gasteiger partial charge in [-0.25, -0.2) is 0 Å². The summed E-state index contributed by atoms with van der Waals surface area (Å²) in [6.07, 6.45) is 4.11. The summed E-state index contributed by atoms with van der Waals surface area (Å²) in [4.78, 5) is 0. The fraction of sp³-hybridized carbons (Fsp3) is 1.00. The minimum atomic E-state index is -0.803. The molecule has 1 atom stereocenters. The number of rotatable bonds is 6. The van der Waals surface area contributed by atoms with E-state index in [4.69, 9.17) is 4.74 Å². The number of hydrogen-bond acceptors (Lipinski definition) is 1. The van der Waals surface area contributed by atoms with Gasteiger partial charge in [0.25, 0.3) is 0 Å². The van der Waals surface area contributed by atoms with E-state index in [1.54, 1.807) is 12.1 Å². The van der Waals surface area contributed by atoms with Gasteiger partial charge in [0.05, 0.1) is 9.52 Å². The van der Waals surface area contributed by atoms with Crippen molar-refractivity contribution >= 4 is 17.6 Å². The van der Waals surface area contributed by atoms with Crippen molar-refractivity contribution in [1.82, 2.24) is 0 Å². The van der Waals surface area contributed by atoms with Crippen molar-refractivity contribution in [3.63, 3.8) is 0 Å². The van der Waals surface area contributed by atoms with Crippen LogP contribution in [0.4, 0.5) is 0 Å². The molecule has 1 fully saturated rings. The fourth-order valence-corrected chi connectivity index (χ4v) is 9.20. The molecule has 1 rings (SSSR count). The Balaban J connectivity index is 2.14. The van der Waals surface area contributed by atoms with Crippen molar-refractivity contribution in [2.45, 2.75) is 69.6 Å². The second-order valence-corrected chi connectivity index (χ2v) is 13.1. The third-order valence-corrected chi connectivity index (χ3v) is 12.0. The summed E-state index contributed by atoms with van der Waals surface area (Å²) in [7, 11) is -0.723. The smallest absolute Gasteiger partial charge is 0.0553 e. The van der Waals surface area contributed by atoms with E-state index in [-0.39, 0.29) is 9.52 Å². The Morgan fingerprint density at radius 1 is 1.27 bits per heavy atom. The highest BCUT2D eigenvalue weighted by atomic mass is 28.3. The van der Waals surface area contributed by atoms with E-state index in [2.05, 4.69) is 20.4 Å². The standard InChI is InChI=1S/C12H28OSi2/c1-4-15(3,5-2)11-10-14-12-8-6-7-9-13-12/h12H,4-11,14H2,1-3H3. The Hall–Kier alpha value is 0.394. The summed E-state index contributed by atoms with van der Waals surface area (Å²) in [6.45, 7) is 8.43. The van der Waals surface area contributed by atoms with Crippen LogP contribution in [-0.2, 0) is 4.74 Å². The van der Waals surface area contributed by atoms with Crippen molar-refractivity contribution in [2.75, 3.05) is 6.61 Å². The van der Waals surface area contributed by atoms with Gasteiger partial charge in [-0.05, 0) is 19.3 Å². The van der Waals surface area contributed by atoms with Crippen molar-refractivity contribution in [2.24, 2.45) is 0 Å². The molecule has 0 aromatic carbocycles. The minimum absolute atomic E-state index is 0.0796. The average Bonchev–Trinajstić information content (AvgIpc) is 2.30. The molecular formula is C12H28OSi2. The summed E-state index contributed by atoms with van der Waals surface area (Å²) >= 11 is 0. The molecule has 3 heteroatoms. The van der Waals surface area contributed by atoms with Crippen LogP contribution in [0.25, 0.3) is 0 Å². The third-order valence-electron chi connectivity index (χ3n) is 4.29. The van der Waals surface area contributed by atoms with Crippen LogP contribution in [0.2, 0.25) is 30.7 Å². The first-order valence-electron chi connectivity index (χ1n) is 6.82. The van der Waals surface area contributed by atoms with Crippen LogP contribution in [0.15, 0.2) is 0 Å². The van der Waals surface area contributed by atoms with E-state index >= 15 is 0 Å². The molecule has 0 N–H and O–H groups in total. The molecule has 1 aliphatic rings. The largest absolute Gasteiger partial charge is 0.382 e. The number of hydrogen-bond donors (Lipinski definition) is 0. The molecule has 0 spiro atoms. The quantitative estimate of drug-likeness (QED) is 0.652. The van der Waals surface area contributed by atoms with Gasteiger partial charge in [-0.3, -0.25) is 0 Å². The first-order chi connectivity index (χ1) is 7.20. The molecule has 1 nitrogen and oxygen atoms in total. The van der Waals surface area contributed by atoms with E-state index in [1.165, 1.54) is 31.4 Å². The van der Waals surface area contributed by atoms with Gasteiger partial charge in [0.1, 0.15) is 0 Å². The lowest BCUT2D eigenvalue weighted by atomic mass is 10.2. The zero-order chi connectivity index (χ0) is 11.1. The Morgan fingerprint density at radius 3 is 2.53 bits per heavy atom. The molecule has 1 unspecified atom stereocenters. The predicted octanol–water partition coefficient (Wildman–Crippen LogP) is 3.22. The normalized spacial score (nSPS) is 23.8. The maximum absolute atomic E-state index is 5.84. The van der Waals surface area contributed by atoms with Gasteiger partial charge in [0.2, 0.25) is 0 Å². The van der Waals surface area contributed by atoms with Gasteiger partial charge in [-0.1, -0.05) is 44.6 Å². The summed E-state index contributed by atoms with van der Waals surface area (Å²) in [5.74, 6) is 0. The minimum Gasteiger partial charge on any atom is -0.382 e. The van der Waals surface area contributed by atoms with E-state index < -0.39 is 8.07 Å². The second-order valence-electron chi connectivity index (χ2n) is 5.40. The average molecular weight is 245 g/mol. The molecule has 0 radical (unpaired) electrons. The monoisotopic (exact) mass is 244 g/mol. The van der Waals surface area contributed by atoms with Crippen LogP contribution in [-0.4, -0.2) is 29.9 Å². The summed E-state index contributed by atoms with van der Waals surface area (Å²) in [5.41, 5.74) is 0.741. The highest BCUT2D eigenvalue weighted by Gasteiger charge is 2.23. The third kappa shape index (κ3) is 4.83. The molecule has 0 amide bonds. The summed E-state index contributed by atoms with van der Waals surface area (Å²) in [5, 5.41) is 0. The lowest BCUT2D eigenvalue weighted by molar-refractivity contribution is 0.0651. The van der Waals surface area contributed by atoms with Gasteiger partial charge in [0.15, 0.2) is 0 Å². The van der Waals surface area contributed by atoms with Crippen molar-refractivity contribution < 1.29 is 4.74 Å². The van der Waals surface area contributed by atoms with Crippen molar-refractivity contribution in [3.05, 3.63) is 0 Å². The Kier molecular flexibility index (Phi) is 6.16. The van der Waals surface area contributed by atoms with Crippen LogP contribution in [0.5, 0.6) is 0 Å². The maximum atomic E-state index is 5.84. The molecule has 1 heterocycles. The fourth-order valence-electron chi connectivity index (χ4n) is 2.40. The van der Waals surface area contributed by atoms with Crippen LogP contribution >= 0.6 is 0 Å². The van der Waals surface area contributed by atoms with Crippen LogP contribution in [0.1, 0.15) is 33.1 Å². The SMILES string of the molecule is CC[Si](C)(CC)CC[SiH2]C1CCCCO1. The van der Waals surface area contributed by atoms with E-state index in [1.807, 2.05) is 0 Å². The van der Waals surface area contributed by atoms with Gasteiger partial charge in [-0.15, -0.1) is 0 Å². The van der Waals surface area contributed by atoms with E-state index in [0.717, 1.165) is 12.3 Å². The van der Waals surface area contributed by atoms with E-state index in [9.17, 15) is 0 Å². The first-order valence-corrected chi connectivity index (χ1v) is 11.8. The van der Waals surface area contributed by atoms with Crippen LogP contribution < -0.4 is 0 Å². The van der Waals surface area contributed by atoms with Gasteiger partial charge >= 0.3 is 0 Å². The van der Waals surface area contributed by atoms with Crippen LogP contribution in [0, 0.1) is 0 Å². The molecule has 0 saturated carbocycles. The number of ether oxygens (including phenoxy) is 1. The molecule has 90 valence electrons. The molecule has 0 aliphatic carbocycles. The maximum Gasteiger partial charge on any atom is 0.0553 e. The van der Waals surface area contributed by atoms with Crippen LogP contribution in [0.3, 0.4) is 0 Å². The Bertz CT molecular complexity index is 163. The lowest BCUT2D eigenvalue weighted by Crippen LogP contribution is -2.30. The molecule has 0 bridgehead atoms. The Labute approximate surface area is 98.8 Å². The molecule has 1 aliphatic heterocycles. The Morgan fingerprint density at radius 2 is 2.00 bits per heavy atom. The molecular weight excluding hydrogens is 216 g/mol. The first kappa shape index (κ1) is 13.5. The summed E-state index contributed by atoms with van der Waals surface area (Å²) < 4.78 is 5.84. The van der Waals surface area contributed by atoms with Crippen molar-refractivity contribution in [3.8, 4) is 0 Å². The molecule has 1 saturated heterocycles. The van der Waals surface area contributed by atoms with E-state index in [0.29, 0.717) is 0 Å². The highest BCUT2D eigenvalue weighted by Crippen LogP contribution is 2.23. The molecule has 0 aromatic rings. The van der Waals surface area contributed by atoms with Gasteiger partial charge in [-0.2, -0.15) is 0 Å². The van der Waals surface area contributed by atoms with Crippen molar-refractivity contribution in [1.29, 1.82) is 0 Å². The zero-order valence-corrected chi connectivity index (χ0v) is 13.3. The lowest BCUT2D eigenvalue weighted by Gasteiger charge is -2.26.